The van der Waals surface area contributed by atoms with Crippen LogP contribution in [0.4, 0.5) is 0 Å². The molecule has 1 heterocycles. The highest BCUT2D eigenvalue weighted by atomic mass is 16.5. The summed E-state index contributed by atoms with van der Waals surface area (Å²) >= 11 is 0. The van der Waals surface area contributed by atoms with Gasteiger partial charge in [0.15, 0.2) is 5.76 Å². The molecule has 1 aliphatic rings. The van der Waals surface area contributed by atoms with Gasteiger partial charge in [-0.15, -0.1) is 6.58 Å². The summed E-state index contributed by atoms with van der Waals surface area (Å²) in [6.07, 6.45) is 4.54. The smallest absolute Gasteiger partial charge is 0.151 e. The second-order valence-electron chi connectivity index (χ2n) is 4.26. The molecule has 0 saturated heterocycles. The molecule has 1 aromatic rings. The molecule has 1 N–H and O–H groups in total. The van der Waals surface area contributed by atoms with Gasteiger partial charge in [-0.2, -0.15) is 0 Å². The maximum atomic E-state index is 5.31. The highest BCUT2D eigenvalue weighted by Gasteiger charge is 2.28. The minimum Gasteiger partial charge on any atom is -0.360 e. The summed E-state index contributed by atoms with van der Waals surface area (Å²) in [5, 5.41) is 7.07. The molecule has 1 saturated carbocycles. The third kappa shape index (κ3) is 2.93. The fourth-order valence-corrected chi connectivity index (χ4v) is 1.84. The molecule has 88 valence electrons. The first-order valence-corrected chi connectivity index (χ1v) is 5.77. The molecule has 0 bridgehead atoms. The number of rotatable bonds is 7. The first-order chi connectivity index (χ1) is 7.83. The SMILES string of the molecule is C=CCN(Cc1cc(CNC)no1)C1CC1. The van der Waals surface area contributed by atoms with E-state index in [0.29, 0.717) is 0 Å². The molecular formula is C12H19N3O. The van der Waals surface area contributed by atoms with E-state index in [1.165, 1.54) is 12.8 Å². The third-order valence-corrected chi connectivity index (χ3v) is 2.75. The van der Waals surface area contributed by atoms with Crippen molar-refractivity contribution in [3.63, 3.8) is 0 Å². The zero-order chi connectivity index (χ0) is 11.4. The predicted octanol–water partition coefficient (Wildman–Crippen LogP) is 1.54. The van der Waals surface area contributed by atoms with Crippen molar-refractivity contribution in [2.45, 2.75) is 32.0 Å². The Bertz CT molecular complexity index is 344. The summed E-state index contributed by atoms with van der Waals surface area (Å²) in [5.41, 5.74) is 0.965. The van der Waals surface area contributed by atoms with Crippen LogP contribution in [0.3, 0.4) is 0 Å². The van der Waals surface area contributed by atoms with E-state index in [9.17, 15) is 0 Å². The number of hydrogen-bond donors (Lipinski definition) is 1. The molecule has 0 amide bonds. The van der Waals surface area contributed by atoms with E-state index in [0.717, 1.165) is 37.1 Å². The number of aromatic nitrogens is 1. The standard InChI is InChI=1S/C12H19N3O/c1-3-6-15(11-4-5-11)9-12-7-10(8-13-2)14-16-12/h3,7,11,13H,1,4-6,8-9H2,2H3. The number of hydrogen-bond acceptors (Lipinski definition) is 4. The van der Waals surface area contributed by atoms with E-state index < -0.39 is 0 Å². The highest BCUT2D eigenvalue weighted by molar-refractivity contribution is 5.06. The molecule has 1 aliphatic carbocycles. The van der Waals surface area contributed by atoms with Crippen molar-refractivity contribution in [2.24, 2.45) is 0 Å². The lowest BCUT2D eigenvalue weighted by Gasteiger charge is -2.17. The van der Waals surface area contributed by atoms with Gasteiger partial charge in [0.1, 0.15) is 0 Å². The quantitative estimate of drug-likeness (QED) is 0.709. The van der Waals surface area contributed by atoms with Crippen LogP contribution < -0.4 is 5.32 Å². The largest absolute Gasteiger partial charge is 0.360 e. The topological polar surface area (TPSA) is 41.3 Å². The average Bonchev–Trinajstić information content (AvgIpc) is 3.02. The van der Waals surface area contributed by atoms with Crippen molar-refractivity contribution < 1.29 is 4.52 Å². The van der Waals surface area contributed by atoms with Crippen molar-refractivity contribution in [1.82, 2.24) is 15.4 Å². The van der Waals surface area contributed by atoms with Crippen molar-refractivity contribution in [2.75, 3.05) is 13.6 Å². The van der Waals surface area contributed by atoms with Crippen LogP contribution in [-0.2, 0) is 13.1 Å². The Hall–Kier alpha value is -1.13. The van der Waals surface area contributed by atoms with Gasteiger partial charge >= 0.3 is 0 Å². The van der Waals surface area contributed by atoms with Crippen molar-refractivity contribution in [3.05, 3.63) is 30.2 Å². The molecule has 16 heavy (non-hydrogen) atoms. The Balaban J connectivity index is 1.92. The lowest BCUT2D eigenvalue weighted by Crippen LogP contribution is -2.25. The minimum atomic E-state index is 0.718. The zero-order valence-electron chi connectivity index (χ0n) is 9.78. The maximum absolute atomic E-state index is 5.31. The Labute approximate surface area is 96.3 Å². The summed E-state index contributed by atoms with van der Waals surface area (Å²) < 4.78 is 5.31. The van der Waals surface area contributed by atoms with Crippen LogP contribution >= 0.6 is 0 Å². The van der Waals surface area contributed by atoms with Gasteiger partial charge in [-0.25, -0.2) is 0 Å². The van der Waals surface area contributed by atoms with Crippen LogP contribution in [0.2, 0.25) is 0 Å². The summed E-state index contributed by atoms with van der Waals surface area (Å²) in [6, 6.07) is 2.74. The van der Waals surface area contributed by atoms with Crippen LogP contribution in [0.25, 0.3) is 0 Å². The molecule has 4 heteroatoms. The van der Waals surface area contributed by atoms with E-state index >= 15 is 0 Å². The van der Waals surface area contributed by atoms with Crippen LogP contribution in [0.5, 0.6) is 0 Å². The fraction of sp³-hybridized carbons (Fsp3) is 0.583. The van der Waals surface area contributed by atoms with Crippen LogP contribution in [-0.4, -0.2) is 29.7 Å². The Kier molecular flexibility index (Phi) is 3.74. The average molecular weight is 221 g/mol. The molecule has 0 radical (unpaired) electrons. The molecule has 0 spiro atoms. The Morgan fingerprint density at radius 3 is 3.12 bits per heavy atom. The lowest BCUT2D eigenvalue weighted by atomic mass is 10.3. The molecular weight excluding hydrogens is 202 g/mol. The number of nitrogens with one attached hydrogen (secondary N) is 1. The van der Waals surface area contributed by atoms with Crippen LogP contribution in [0.15, 0.2) is 23.2 Å². The summed E-state index contributed by atoms with van der Waals surface area (Å²) in [4.78, 5) is 2.39. The summed E-state index contributed by atoms with van der Waals surface area (Å²) in [5.74, 6) is 0.944. The van der Waals surface area contributed by atoms with Gasteiger partial charge in [-0.3, -0.25) is 4.90 Å². The fourth-order valence-electron chi connectivity index (χ4n) is 1.84. The predicted molar refractivity (Wildman–Crippen MR) is 62.9 cm³/mol. The van der Waals surface area contributed by atoms with Crippen LogP contribution in [0, 0.1) is 0 Å². The van der Waals surface area contributed by atoms with E-state index in [4.69, 9.17) is 4.52 Å². The first-order valence-electron chi connectivity index (χ1n) is 5.77. The molecule has 0 aromatic carbocycles. The van der Waals surface area contributed by atoms with E-state index in [2.05, 4.69) is 22.0 Å². The first kappa shape index (κ1) is 11.4. The van der Waals surface area contributed by atoms with Gasteiger partial charge in [0.2, 0.25) is 0 Å². The lowest BCUT2D eigenvalue weighted by molar-refractivity contribution is 0.242. The van der Waals surface area contributed by atoms with Crippen molar-refractivity contribution in [3.8, 4) is 0 Å². The van der Waals surface area contributed by atoms with Gasteiger partial charge in [0.05, 0.1) is 12.2 Å². The Morgan fingerprint density at radius 2 is 2.50 bits per heavy atom. The minimum absolute atomic E-state index is 0.718. The zero-order valence-corrected chi connectivity index (χ0v) is 9.78. The molecule has 1 fully saturated rings. The maximum Gasteiger partial charge on any atom is 0.151 e. The normalized spacial score (nSPS) is 15.6. The Morgan fingerprint density at radius 1 is 1.69 bits per heavy atom. The molecule has 4 nitrogen and oxygen atoms in total. The van der Waals surface area contributed by atoms with Crippen molar-refractivity contribution >= 4 is 0 Å². The molecule has 0 atom stereocenters. The van der Waals surface area contributed by atoms with E-state index in [1.54, 1.807) is 0 Å². The molecule has 0 unspecified atom stereocenters. The summed E-state index contributed by atoms with van der Waals surface area (Å²) in [6.45, 7) is 6.31. The second kappa shape index (κ2) is 5.27. The molecule has 2 rings (SSSR count). The van der Waals surface area contributed by atoms with Gasteiger partial charge < -0.3 is 9.84 Å². The van der Waals surface area contributed by atoms with E-state index in [1.807, 2.05) is 19.2 Å². The molecule has 0 aliphatic heterocycles. The monoisotopic (exact) mass is 221 g/mol. The van der Waals surface area contributed by atoms with Gasteiger partial charge in [0, 0.05) is 25.2 Å². The third-order valence-electron chi connectivity index (χ3n) is 2.75. The number of nitrogens with zero attached hydrogens (tertiary/aromatic N) is 2. The molecule has 1 aromatic heterocycles. The summed E-state index contributed by atoms with van der Waals surface area (Å²) in [7, 11) is 1.91. The highest BCUT2D eigenvalue weighted by Crippen LogP contribution is 2.28. The second-order valence-corrected chi connectivity index (χ2v) is 4.26. The van der Waals surface area contributed by atoms with Crippen LogP contribution in [0.1, 0.15) is 24.3 Å². The van der Waals surface area contributed by atoms with Gasteiger partial charge in [-0.1, -0.05) is 11.2 Å². The van der Waals surface area contributed by atoms with Gasteiger partial charge in [-0.05, 0) is 19.9 Å². The van der Waals surface area contributed by atoms with Crippen molar-refractivity contribution in [1.29, 1.82) is 0 Å². The van der Waals surface area contributed by atoms with E-state index in [-0.39, 0.29) is 0 Å². The van der Waals surface area contributed by atoms with Gasteiger partial charge in [0.25, 0.3) is 0 Å².